The molecule has 68 valence electrons. The van der Waals surface area contributed by atoms with Crippen LogP contribution in [0.15, 0.2) is 30.3 Å². The maximum Gasteiger partial charge on any atom is 0.0825 e. The van der Waals surface area contributed by atoms with Gasteiger partial charge in [-0.25, -0.2) is 0 Å². The Morgan fingerprint density at radius 2 is 2.00 bits per heavy atom. The molecule has 0 amide bonds. The molecule has 0 aliphatic heterocycles. The number of benzene rings is 1. The fraction of sp³-hybridized carbons (Fsp3) is 0.364. The number of nitriles is 1. The number of hydrogen-bond donors (Lipinski definition) is 1. The third-order valence-corrected chi connectivity index (χ3v) is 2.09. The molecule has 0 aliphatic carbocycles. The van der Waals surface area contributed by atoms with E-state index in [2.05, 4.69) is 6.07 Å². The monoisotopic (exact) mass is 175 g/mol. The van der Waals surface area contributed by atoms with Crippen molar-refractivity contribution < 1.29 is 5.11 Å². The molecule has 1 aromatic rings. The van der Waals surface area contributed by atoms with Crippen molar-refractivity contribution in [1.29, 1.82) is 5.26 Å². The van der Waals surface area contributed by atoms with Gasteiger partial charge in [0.15, 0.2) is 0 Å². The standard InChI is InChI=1S/C11H13NO/c1-9(7-8-12)11(13)10-5-3-2-4-6-10/h2-6,9,11,13H,7H2,1H3/t9-,11-/m1/s1. The van der Waals surface area contributed by atoms with E-state index in [1.54, 1.807) is 0 Å². The summed E-state index contributed by atoms with van der Waals surface area (Å²) in [6, 6.07) is 11.5. The molecule has 0 bridgehead atoms. The summed E-state index contributed by atoms with van der Waals surface area (Å²) in [5, 5.41) is 18.2. The van der Waals surface area contributed by atoms with Gasteiger partial charge in [-0.2, -0.15) is 5.26 Å². The van der Waals surface area contributed by atoms with E-state index in [9.17, 15) is 5.11 Å². The third kappa shape index (κ3) is 2.57. The van der Waals surface area contributed by atoms with Crippen LogP contribution < -0.4 is 0 Å². The zero-order valence-corrected chi connectivity index (χ0v) is 7.64. The average molecular weight is 175 g/mol. The van der Waals surface area contributed by atoms with Crippen LogP contribution in [0.25, 0.3) is 0 Å². The summed E-state index contributed by atoms with van der Waals surface area (Å²) in [5.74, 6) is -0.00704. The SMILES string of the molecule is C[C@H](CC#N)[C@@H](O)c1ccccc1. The molecule has 1 rings (SSSR count). The Morgan fingerprint density at radius 3 is 2.54 bits per heavy atom. The van der Waals surface area contributed by atoms with Crippen molar-refractivity contribution >= 4 is 0 Å². The minimum atomic E-state index is -0.527. The molecule has 2 atom stereocenters. The number of aliphatic hydroxyl groups excluding tert-OH is 1. The molecule has 2 nitrogen and oxygen atoms in total. The Balaban J connectivity index is 2.69. The van der Waals surface area contributed by atoms with Gasteiger partial charge in [-0.1, -0.05) is 37.3 Å². The highest BCUT2D eigenvalue weighted by molar-refractivity contribution is 5.17. The molecule has 1 N–H and O–H groups in total. The van der Waals surface area contributed by atoms with E-state index in [0.717, 1.165) is 5.56 Å². The molecule has 0 aromatic heterocycles. The summed E-state index contributed by atoms with van der Waals surface area (Å²) in [4.78, 5) is 0. The van der Waals surface area contributed by atoms with Crippen LogP contribution in [0, 0.1) is 17.2 Å². The molecule has 0 fully saturated rings. The molecule has 0 heterocycles. The van der Waals surface area contributed by atoms with Crippen LogP contribution >= 0.6 is 0 Å². The van der Waals surface area contributed by atoms with Crippen molar-refractivity contribution in [1.82, 2.24) is 0 Å². The van der Waals surface area contributed by atoms with E-state index in [1.165, 1.54) is 0 Å². The number of rotatable bonds is 3. The maximum atomic E-state index is 9.77. The zero-order chi connectivity index (χ0) is 9.68. The molecule has 1 aromatic carbocycles. The topological polar surface area (TPSA) is 44.0 Å². The normalized spacial score (nSPS) is 14.5. The van der Waals surface area contributed by atoms with E-state index in [1.807, 2.05) is 37.3 Å². The first-order valence-corrected chi connectivity index (χ1v) is 4.35. The summed E-state index contributed by atoms with van der Waals surface area (Å²) >= 11 is 0. The third-order valence-electron chi connectivity index (χ3n) is 2.09. The summed E-state index contributed by atoms with van der Waals surface area (Å²) in [6.07, 6.45) is -0.142. The van der Waals surface area contributed by atoms with Crippen molar-refractivity contribution in [3.05, 3.63) is 35.9 Å². The van der Waals surface area contributed by atoms with Gasteiger partial charge in [-0.15, -0.1) is 0 Å². The van der Waals surface area contributed by atoms with Crippen LogP contribution in [-0.4, -0.2) is 5.11 Å². The van der Waals surface area contributed by atoms with Crippen molar-refractivity contribution in [2.24, 2.45) is 5.92 Å². The second-order valence-electron chi connectivity index (χ2n) is 3.20. The van der Waals surface area contributed by atoms with E-state index in [4.69, 9.17) is 5.26 Å². The van der Waals surface area contributed by atoms with Crippen molar-refractivity contribution in [2.75, 3.05) is 0 Å². The quantitative estimate of drug-likeness (QED) is 0.765. The lowest BCUT2D eigenvalue weighted by Gasteiger charge is -2.15. The smallest absolute Gasteiger partial charge is 0.0825 e. The Labute approximate surface area is 78.4 Å². The maximum absolute atomic E-state index is 9.77. The lowest BCUT2D eigenvalue weighted by molar-refractivity contribution is 0.120. The van der Waals surface area contributed by atoms with Gasteiger partial charge in [0.1, 0.15) is 0 Å². The van der Waals surface area contributed by atoms with Gasteiger partial charge in [0, 0.05) is 6.42 Å². The molecule has 0 aliphatic rings. The molecule has 13 heavy (non-hydrogen) atoms. The predicted octanol–water partition coefficient (Wildman–Crippen LogP) is 2.27. The first-order chi connectivity index (χ1) is 6.25. The Morgan fingerprint density at radius 1 is 1.38 bits per heavy atom. The molecular weight excluding hydrogens is 162 g/mol. The van der Waals surface area contributed by atoms with E-state index < -0.39 is 6.10 Å². The van der Waals surface area contributed by atoms with Crippen LogP contribution in [0.5, 0.6) is 0 Å². The second-order valence-corrected chi connectivity index (χ2v) is 3.20. The van der Waals surface area contributed by atoms with Gasteiger partial charge in [-0.05, 0) is 11.5 Å². The Hall–Kier alpha value is -1.33. The van der Waals surface area contributed by atoms with Crippen LogP contribution in [0.2, 0.25) is 0 Å². The van der Waals surface area contributed by atoms with Crippen molar-refractivity contribution in [3.63, 3.8) is 0 Å². The first kappa shape index (κ1) is 9.76. The number of nitrogens with zero attached hydrogens (tertiary/aromatic N) is 1. The Bertz CT molecular complexity index is 289. The minimum absolute atomic E-state index is 0.00704. The lowest BCUT2D eigenvalue weighted by Crippen LogP contribution is -2.08. The molecule has 0 spiro atoms. The first-order valence-electron chi connectivity index (χ1n) is 4.35. The van der Waals surface area contributed by atoms with Crippen LogP contribution in [0.4, 0.5) is 0 Å². The van der Waals surface area contributed by atoms with Crippen molar-refractivity contribution in [2.45, 2.75) is 19.4 Å². The largest absolute Gasteiger partial charge is 0.388 e. The fourth-order valence-electron chi connectivity index (χ4n) is 1.23. The van der Waals surface area contributed by atoms with Crippen LogP contribution in [0.3, 0.4) is 0 Å². The predicted molar refractivity (Wildman–Crippen MR) is 50.8 cm³/mol. The number of aliphatic hydroxyl groups is 1. The van der Waals surface area contributed by atoms with E-state index >= 15 is 0 Å². The highest BCUT2D eigenvalue weighted by Crippen LogP contribution is 2.23. The van der Waals surface area contributed by atoms with Crippen LogP contribution in [0.1, 0.15) is 25.0 Å². The fourth-order valence-corrected chi connectivity index (χ4v) is 1.23. The minimum Gasteiger partial charge on any atom is -0.388 e. The summed E-state index contributed by atoms with van der Waals surface area (Å²) in [6.45, 7) is 1.88. The van der Waals surface area contributed by atoms with E-state index in [-0.39, 0.29) is 5.92 Å². The molecule has 0 unspecified atom stereocenters. The number of hydrogen-bond acceptors (Lipinski definition) is 2. The highest BCUT2D eigenvalue weighted by atomic mass is 16.3. The van der Waals surface area contributed by atoms with E-state index in [0.29, 0.717) is 6.42 Å². The molecule has 0 saturated carbocycles. The van der Waals surface area contributed by atoms with Gasteiger partial charge in [0.05, 0.1) is 12.2 Å². The second kappa shape index (κ2) is 4.64. The van der Waals surface area contributed by atoms with Crippen LogP contribution in [-0.2, 0) is 0 Å². The van der Waals surface area contributed by atoms with Gasteiger partial charge >= 0.3 is 0 Å². The Kier molecular flexibility index (Phi) is 3.48. The zero-order valence-electron chi connectivity index (χ0n) is 7.64. The van der Waals surface area contributed by atoms with Gasteiger partial charge in [-0.3, -0.25) is 0 Å². The summed E-state index contributed by atoms with van der Waals surface area (Å²) in [7, 11) is 0. The van der Waals surface area contributed by atoms with Gasteiger partial charge < -0.3 is 5.11 Å². The average Bonchev–Trinajstić information content (AvgIpc) is 2.18. The summed E-state index contributed by atoms with van der Waals surface area (Å²) < 4.78 is 0. The summed E-state index contributed by atoms with van der Waals surface area (Å²) in [5.41, 5.74) is 0.880. The van der Waals surface area contributed by atoms with Crippen molar-refractivity contribution in [3.8, 4) is 6.07 Å². The van der Waals surface area contributed by atoms with Gasteiger partial charge in [0.25, 0.3) is 0 Å². The molecule has 0 saturated heterocycles. The molecule has 0 radical (unpaired) electrons. The van der Waals surface area contributed by atoms with Gasteiger partial charge in [0.2, 0.25) is 0 Å². The molecular formula is C11H13NO. The highest BCUT2D eigenvalue weighted by Gasteiger charge is 2.14. The lowest BCUT2D eigenvalue weighted by atomic mass is 9.95. The molecule has 2 heteroatoms.